The van der Waals surface area contributed by atoms with E-state index in [4.69, 9.17) is 11.6 Å². The molecule has 6 heteroatoms. The molecule has 0 aliphatic rings. The molecular formula is C19H15BrClNO3. The lowest BCUT2D eigenvalue weighted by Crippen LogP contribution is -2.14. The molecule has 3 aromatic rings. The largest absolute Gasteiger partial charge is 0.467 e. The first kappa shape index (κ1) is 17.7. The predicted octanol–water partition coefficient (Wildman–Crippen LogP) is 4.96. The molecule has 0 amide bonds. The molecule has 0 radical (unpaired) electrons. The van der Waals surface area contributed by atoms with E-state index in [9.17, 15) is 9.90 Å². The van der Waals surface area contributed by atoms with E-state index >= 15 is 0 Å². The number of hydrogen-bond acceptors (Lipinski definition) is 3. The third kappa shape index (κ3) is 3.79. The van der Waals surface area contributed by atoms with Crippen LogP contribution in [-0.2, 0) is 9.53 Å². The van der Waals surface area contributed by atoms with Crippen molar-refractivity contribution in [1.29, 1.82) is 0 Å². The Balaban J connectivity index is 2.09. The van der Waals surface area contributed by atoms with Gasteiger partial charge in [0.05, 0.1) is 7.11 Å². The maximum absolute atomic E-state index is 11.9. The maximum atomic E-state index is 11.9. The number of aromatic nitrogens is 1. The van der Waals surface area contributed by atoms with Crippen molar-refractivity contribution >= 4 is 56.6 Å². The first-order valence-corrected chi connectivity index (χ1v) is 8.67. The van der Waals surface area contributed by atoms with Crippen molar-refractivity contribution in [2.75, 3.05) is 7.11 Å². The second-order valence-electron chi connectivity index (χ2n) is 5.45. The van der Waals surface area contributed by atoms with Gasteiger partial charge in [0.2, 0.25) is 0 Å². The van der Waals surface area contributed by atoms with Crippen LogP contribution in [0.3, 0.4) is 0 Å². The van der Waals surface area contributed by atoms with Gasteiger partial charge in [-0.15, -0.1) is 0 Å². The van der Waals surface area contributed by atoms with Crippen LogP contribution in [0.5, 0.6) is 0 Å². The minimum Gasteiger partial charge on any atom is -0.467 e. The molecule has 128 valence electrons. The molecule has 0 fully saturated rings. The van der Waals surface area contributed by atoms with Gasteiger partial charge in [0.15, 0.2) is 6.10 Å². The average Bonchev–Trinajstić information content (AvgIpc) is 2.97. The fourth-order valence-electron chi connectivity index (χ4n) is 2.62. The molecule has 4 nitrogen and oxygen atoms in total. The number of aliphatic hydroxyl groups is 1. The summed E-state index contributed by atoms with van der Waals surface area (Å²) in [6.07, 6.45) is 2.33. The highest BCUT2D eigenvalue weighted by atomic mass is 79.9. The Morgan fingerprint density at radius 3 is 2.64 bits per heavy atom. The number of methoxy groups -OCH3 is 1. The van der Waals surface area contributed by atoms with Crippen molar-refractivity contribution in [3.05, 3.63) is 68.8 Å². The predicted molar refractivity (Wildman–Crippen MR) is 103 cm³/mol. The number of nitrogens with one attached hydrogen (secondary N) is 1. The van der Waals surface area contributed by atoms with Crippen LogP contribution in [0, 0.1) is 0 Å². The van der Waals surface area contributed by atoms with Gasteiger partial charge in [-0.2, -0.15) is 0 Å². The normalized spacial score (nSPS) is 12.6. The number of rotatable bonds is 4. The zero-order chi connectivity index (χ0) is 18.0. The Labute approximate surface area is 158 Å². The zero-order valence-electron chi connectivity index (χ0n) is 13.3. The number of aliphatic hydroxyl groups excluding tert-OH is 1. The van der Waals surface area contributed by atoms with E-state index in [1.807, 2.05) is 42.5 Å². The van der Waals surface area contributed by atoms with E-state index in [2.05, 4.69) is 25.7 Å². The molecule has 1 atom stereocenters. The number of carbonyl (C=O) groups is 1. The maximum Gasteiger partial charge on any atom is 0.339 e. The van der Waals surface area contributed by atoms with Gasteiger partial charge in [-0.05, 0) is 35.9 Å². The summed E-state index contributed by atoms with van der Waals surface area (Å²) in [5.74, 6) is -0.704. The first-order valence-electron chi connectivity index (χ1n) is 7.50. The number of esters is 1. The lowest BCUT2D eigenvalue weighted by Gasteiger charge is -2.09. The molecule has 2 N–H and O–H groups in total. The Bertz CT molecular complexity index is 947. The third-order valence-corrected chi connectivity index (χ3v) is 4.59. The zero-order valence-corrected chi connectivity index (χ0v) is 15.6. The lowest BCUT2D eigenvalue weighted by molar-refractivity contribution is -0.150. The average molecular weight is 421 g/mol. The number of aromatic amines is 1. The van der Waals surface area contributed by atoms with Crippen LogP contribution in [-0.4, -0.2) is 23.2 Å². The second kappa shape index (κ2) is 7.44. The van der Waals surface area contributed by atoms with Gasteiger partial charge in [0.1, 0.15) is 0 Å². The fourth-order valence-corrected chi connectivity index (χ4v) is 3.11. The second-order valence-corrected chi connectivity index (χ2v) is 6.80. The molecule has 1 unspecified atom stereocenters. The van der Waals surface area contributed by atoms with Crippen molar-refractivity contribution in [3.8, 4) is 0 Å². The highest BCUT2D eigenvalue weighted by molar-refractivity contribution is 9.10. The van der Waals surface area contributed by atoms with Gasteiger partial charge in [-0.1, -0.05) is 51.8 Å². The number of ether oxygens (including phenoxy) is 1. The summed E-state index contributed by atoms with van der Waals surface area (Å²) < 4.78 is 5.59. The minimum absolute atomic E-state index is 0.486. The number of hydrogen-bond donors (Lipinski definition) is 2. The van der Waals surface area contributed by atoms with Crippen molar-refractivity contribution in [1.82, 2.24) is 4.98 Å². The van der Waals surface area contributed by atoms with Crippen LogP contribution >= 0.6 is 27.5 Å². The Morgan fingerprint density at radius 2 is 1.96 bits per heavy atom. The molecule has 0 aliphatic carbocycles. The van der Waals surface area contributed by atoms with E-state index in [0.29, 0.717) is 16.3 Å². The summed E-state index contributed by atoms with van der Waals surface area (Å²) in [6.45, 7) is 0. The molecule has 0 saturated carbocycles. The van der Waals surface area contributed by atoms with Crippen LogP contribution < -0.4 is 0 Å². The van der Waals surface area contributed by atoms with E-state index < -0.39 is 12.1 Å². The molecule has 25 heavy (non-hydrogen) atoms. The minimum atomic E-state index is -1.37. The van der Waals surface area contributed by atoms with Crippen LogP contribution in [0.25, 0.3) is 23.1 Å². The van der Waals surface area contributed by atoms with Crippen molar-refractivity contribution in [2.45, 2.75) is 6.10 Å². The van der Waals surface area contributed by atoms with Crippen molar-refractivity contribution < 1.29 is 14.6 Å². The molecular weight excluding hydrogens is 406 g/mol. The van der Waals surface area contributed by atoms with Gasteiger partial charge < -0.3 is 14.8 Å². The van der Waals surface area contributed by atoms with Gasteiger partial charge in [0, 0.05) is 31.7 Å². The van der Waals surface area contributed by atoms with Gasteiger partial charge >= 0.3 is 5.97 Å². The Kier molecular flexibility index (Phi) is 5.27. The molecule has 0 bridgehead atoms. The van der Waals surface area contributed by atoms with E-state index in [1.165, 1.54) is 7.11 Å². The number of fused-ring (bicyclic) bond motifs is 1. The molecule has 2 aromatic carbocycles. The van der Waals surface area contributed by atoms with Crippen molar-refractivity contribution in [2.24, 2.45) is 0 Å². The fraction of sp³-hybridized carbons (Fsp3) is 0.105. The van der Waals surface area contributed by atoms with E-state index in [-0.39, 0.29) is 0 Å². The number of benzene rings is 2. The summed E-state index contributed by atoms with van der Waals surface area (Å²) in [4.78, 5) is 15.1. The standard InChI is InChI=1S/C19H15BrClNO3/c1-25-19(24)18(23)17-14-8-5-12(20)10-16(14)22-15(17)9-4-11-2-6-13(21)7-3-11/h2-10,18,22-23H,1H3/b9-4+. The summed E-state index contributed by atoms with van der Waals surface area (Å²) in [6, 6.07) is 13.0. The smallest absolute Gasteiger partial charge is 0.339 e. The quantitative estimate of drug-likeness (QED) is 0.586. The first-order chi connectivity index (χ1) is 12.0. The molecule has 1 aromatic heterocycles. The van der Waals surface area contributed by atoms with Gasteiger partial charge in [-0.3, -0.25) is 0 Å². The topological polar surface area (TPSA) is 62.3 Å². The highest BCUT2D eigenvalue weighted by Crippen LogP contribution is 2.32. The number of H-pyrrole nitrogens is 1. The van der Waals surface area contributed by atoms with Gasteiger partial charge in [-0.25, -0.2) is 4.79 Å². The van der Waals surface area contributed by atoms with Crippen LogP contribution in [0.2, 0.25) is 5.02 Å². The summed E-state index contributed by atoms with van der Waals surface area (Å²) in [7, 11) is 1.25. The van der Waals surface area contributed by atoms with Gasteiger partial charge in [0.25, 0.3) is 0 Å². The SMILES string of the molecule is COC(=O)C(O)c1c(/C=C/c2ccc(Cl)cc2)[nH]c2cc(Br)ccc12. The van der Waals surface area contributed by atoms with E-state index in [1.54, 1.807) is 12.1 Å². The Morgan fingerprint density at radius 1 is 1.24 bits per heavy atom. The lowest BCUT2D eigenvalue weighted by atomic mass is 10.0. The molecule has 0 aliphatic heterocycles. The van der Waals surface area contributed by atoms with Crippen LogP contribution in [0.4, 0.5) is 0 Å². The molecule has 0 saturated heterocycles. The third-order valence-electron chi connectivity index (χ3n) is 3.84. The molecule has 0 spiro atoms. The number of carbonyl (C=O) groups excluding carboxylic acids is 1. The summed E-state index contributed by atoms with van der Waals surface area (Å²) in [5, 5.41) is 11.8. The monoisotopic (exact) mass is 419 g/mol. The van der Waals surface area contributed by atoms with E-state index in [0.717, 1.165) is 20.9 Å². The number of halogens is 2. The highest BCUT2D eigenvalue weighted by Gasteiger charge is 2.24. The molecule has 3 rings (SSSR count). The van der Waals surface area contributed by atoms with Crippen LogP contribution in [0.1, 0.15) is 22.9 Å². The summed E-state index contributed by atoms with van der Waals surface area (Å²) in [5.41, 5.74) is 2.88. The Hall–Kier alpha value is -2.08. The summed E-state index contributed by atoms with van der Waals surface area (Å²) >= 11 is 9.32. The molecule has 1 heterocycles. The van der Waals surface area contributed by atoms with Crippen molar-refractivity contribution in [3.63, 3.8) is 0 Å². The van der Waals surface area contributed by atoms with Crippen LogP contribution in [0.15, 0.2) is 46.9 Å².